The number of ether oxygens (including phenoxy) is 6. The largest absolute Gasteiger partial charge is 0.464 e. The minimum Gasteiger partial charge on any atom is -0.464 e. The predicted octanol–water partition coefficient (Wildman–Crippen LogP) is 6.60. The van der Waals surface area contributed by atoms with Gasteiger partial charge in [-0.15, -0.1) is 0 Å². The molecule has 0 radical (unpaired) electrons. The Morgan fingerprint density at radius 2 is 1.13 bits per heavy atom. The smallest absolute Gasteiger partial charge is 0.311 e. The molecule has 0 bridgehead atoms. The van der Waals surface area contributed by atoms with E-state index in [4.69, 9.17) is 28.4 Å². The van der Waals surface area contributed by atoms with Crippen LogP contribution in [0.25, 0.3) is 0 Å². The van der Waals surface area contributed by atoms with Crippen molar-refractivity contribution in [3.05, 3.63) is 0 Å². The van der Waals surface area contributed by atoms with Gasteiger partial charge in [-0.3, -0.25) is 28.8 Å². The lowest BCUT2D eigenvalue weighted by Gasteiger charge is -2.25. The number of methoxy groups -OCH3 is 1. The summed E-state index contributed by atoms with van der Waals surface area (Å²) in [6.07, 6.45) is 6.87. The Balaban J connectivity index is 5.23. The molecule has 0 aliphatic carbocycles. The molecular formula is C40H72N2O12S. The highest BCUT2D eigenvalue weighted by Gasteiger charge is 2.31. The molecule has 0 spiro atoms. The van der Waals surface area contributed by atoms with Gasteiger partial charge in [0.1, 0.15) is 19.8 Å². The van der Waals surface area contributed by atoms with Crippen LogP contribution >= 0.6 is 11.8 Å². The lowest BCUT2D eigenvalue weighted by molar-refractivity contribution is -0.168. The number of unbranched alkanes of at least 4 members (excludes halogenated alkanes) is 4. The van der Waals surface area contributed by atoms with E-state index in [-0.39, 0.29) is 76.5 Å². The maximum atomic E-state index is 13.2. The van der Waals surface area contributed by atoms with Gasteiger partial charge in [0.05, 0.1) is 17.4 Å². The van der Waals surface area contributed by atoms with Gasteiger partial charge in [-0.25, -0.2) is 0 Å². The monoisotopic (exact) mass is 804 g/mol. The lowest BCUT2D eigenvalue weighted by Crippen LogP contribution is -2.34. The van der Waals surface area contributed by atoms with Crippen molar-refractivity contribution in [2.45, 2.75) is 137 Å². The summed E-state index contributed by atoms with van der Waals surface area (Å²) in [5.74, 6) is -1.28. The summed E-state index contributed by atoms with van der Waals surface area (Å²) in [4.78, 5) is 78.8. The molecule has 15 heteroatoms. The van der Waals surface area contributed by atoms with Gasteiger partial charge in [-0.05, 0) is 80.4 Å². The summed E-state index contributed by atoms with van der Waals surface area (Å²) in [5.41, 5.74) is -1.36. The van der Waals surface area contributed by atoms with Crippen LogP contribution in [-0.2, 0) is 52.4 Å². The SMILES string of the molecule is CCCCCC(C)(C)C(=O)OCC(COC)OC(=O)CCCN(CCCC(=O)OC(COC=O)COC(=O)C(C)(C)CCCCC)C(=O)SCCCN(C)C. The molecule has 0 aromatic rings. The topological polar surface area (TPSA) is 164 Å². The number of esters is 4. The first-order valence-electron chi connectivity index (χ1n) is 19.9. The van der Waals surface area contributed by atoms with Gasteiger partial charge in [0.25, 0.3) is 11.7 Å². The normalized spacial score (nSPS) is 12.8. The number of thioether (sulfide) groups is 1. The van der Waals surface area contributed by atoms with Crippen molar-refractivity contribution >= 4 is 47.4 Å². The molecule has 0 heterocycles. The predicted molar refractivity (Wildman–Crippen MR) is 212 cm³/mol. The summed E-state index contributed by atoms with van der Waals surface area (Å²) >= 11 is 1.18. The van der Waals surface area contributed by atoms with Gasteiger partial charge in [0.15, 0.2) is 12.2 Å². The summed E-state index contributed by atoms with van der Waals surface area (Å²) in [6, 6.07) is 0. The molecule has 0 rings (SSSR count). The van der Waals surface area contributed by atoms with E-state index in [1.807, 2.05) is 32.8 Å². The minimum absolute atomic E-state index is 0.0142. The van der Waals surface area contributed by atoms with Gasteiger partial charge >= 0.3 is 23.9 Å². The third-order valence-corrected chi connectivity index (χ3v) is 9.86. The first-order chi connectivity index (χ1) is 26.0. The molecule has 0 aromatic heterocycles. The van der Waals surface area contributed by atoms with Crippen molar-refractivity contribution in [3.63, 3.8) is 0 Å². The van der Waals surface area contributed by atoms with Crippen LogP contribution < -0.4 is 0 Å². The second-order valence-corrected chi connectivity index (χ2v) is 16.5. The average molecular weight is 805 g/mol. The molecule has 0 N–H and O–H groups in total. The van der Waals surface area contributed by atoms with Crippen LogP contribution in [-0.4, -0.2) is 131 Å². The maximum absolute atomic E-state index is 13.2. The first-order valence-corrected chi connectivity index (χ1v) is 20.8. The summed E-state index contributed by atoms with van der Waals surface area (Å²) in [5, 5.41) is -0.170. The van der Waals surface area contributed by atoms with E-state index < -0.39 is 40.9 Å². The fraction of sp³-hybridized carbons (Fsp3) is 0.850. The lowest BCUT2D eigenvalue weighted by atomic mass is 9.87. The zero-order valence-corrected chi connectivity index (χ0v) is 36.1. The minimum atomic E-state index is -0.980. The number of hydrogen-bond acceptors (Lipinski definition) is 14. The van der Waals surface area contributed by atoms with E-state index in [1.54, 1.807) is 18.7 Å². The van der Waals surface area contributed by atoms with Crippen LogP contribution in [0.3, 0.4) is 0 Å². The first kappa shape index (κ1) is 52.1. The Hall–Kier alpha value is -2.91. The zero-order valence-electron chi connectivity index (χ0n) is 35.3. The van der Waals surface area contributed by atoms with Gasteiger partial charge in [-0.1, -0.05) is 64.1 Å². The molecular weight excluding hydrogens is 733 g/mol. The van der Waals surface area contributed by atoms with Crippen molar-refractivity contribution in [1.82, 2.24) is 9.80 Å². The number of amides is 1. The van der Waals surface area contributed by atoms with E-state index in [9.17, 15) is 28.8 Å². The molecule has 0 saturated heterocycles. The Bertz CT molecular complexity index is 1120. The van der Waals surface area contributed by atoms with E-state index in [0.717, 1.165) is 51.5 Å². The van der Waals surface area contributed by atoms with Gasteiger partial charge in [0, 0.05) is 38.8 Å². The number of carbonyl (C=O) groups excluding carboxylic acids is 6. The van der Waals surface area contributed by atoms with Crippen molar-refractivity contribution in [2.75, 3.05) is 73.0 Å². The van der Waals surface area contributed by atoms with Crippen LogP contribution in [0.2, 0.25) is 0 Å². The van der Waals surface area contributed by atoms with E-state index in [0.29, 0.717) is 25.0 Å². The second kappa shape index (κ2) is 30.3. The molecule has 320 valence electrons. The molecule has 0 aliphatic rings. The Morgan fingerprint density at radius 1 is 0.655 bits per heavy atom. The van der Waals surface area contributed by atoms with Gasteiger partial charge < -0.3 is 38.2 Å². The van der Waals surface area contributed by atoms with E-state index in [2.05, 4.69) is 13.8 Å². The second-order valence-electron chi connectivity index (χ2n) is 15.5. The maximum Gasteiger partial charge on any atom is 0.311 e. The van der Waals surface area contributed by atoms with Gasteiger partial charge in [-0.2, -0.15) is 0 Å². The van der Waals surface area contributed by atoms with Crippen molar-refractivity contribution in [1.29, 1.82) is 0 Å². The summed E-state index contributed by atoms with van der Waals surface area (Å²) in [6.45, 7) is 12.4. The number of rotatable bonds is 33. The van der Waals surface area contributed by atoms with E-state index >= 15 is 0 Å². The Labute approximate surface area is 334 Å². The molecule has 14 nitrogen and oxygen atoms in total. The molecule has 0 aliphatic heterocycles. The fourth-order valence-electron chi connectivity index (χ4n) is 5.37. The van der Waals surface area contributed by atoms with Crippen molar-refractivity contribution < 1.29 is 57.2 Å². The van der Waals surface area contributed by atoms with Crippen LogP contribution in [0.15, 0.2) is 0 Å². The average Bonchev–Trinajstić information content (AvgIpc) is 3.12. The van der Waals surface area contributed by atoms with Crippen LogP contribution in [0.4, 0.5) is 4.79 Å². The molecule has 55 heavy (non-hydrogen) atoms. The number of hydrogen-bond donors (Lipinski definition) is 0. The third kappa shape index (κ3) is 25.8. The molecule has 0 fully saturated rings. The molecule has 2 atom stereocenters. The number of carbonyl (C=O) groups is 6. The standard InChI is InChI=1S/C40H72N2O12S/c1-10-12-14-21-39(3,4)36(46)51-29-32(27-49-9)53-34(44)19-16-24-42(38(48)55-26-18-23-41(7)8)25-17-20-35(45)54-33(28-50-31-43)30-52-37(47)40(5,6)22-15-13-11-2/h31-33H,10-30H2,1-9H3. The highest BCUT2D eigenvalue weighted by atomic mass is 32.2. The molecule has 2 unspecified atom stereocenters. The van der Waals surface area contributed by atoms with E-state index in [1.165, 1.54) is 18.9 Å². The zero-order chi connectivity index (χ0) is 41.7. The quantitative estimate of drug-likeness (QED) is 0.0302. The van der Waals surface area contributed by atoms with Crippen molar-refractivity contribution in [2.24, 2.45) is 10.8 Å². The van der Waals surface area contributed by atoms with Crippen LogP contribution in [0.1, 0.15) is 125 Å². The highest BCUT2D eigenvalue weighted by molar-refractivity contribution is 8.13. The molecule has 0 saturated carbocycles. The number of nitrogens with zero attached hydrogens (tertiary/aromatic N) is 2. The highest BCUT2D eigenvalue weighted by Crippen LogP contribution is 2.27. The van der Waals surface area contributed by atoms with Crippen molar-refractivity contribution in [3.8, 4) is 0 Å². The Kier molecular flexibility index (Phi) is 28.7. The Morgan fingerprint density at radius 3 is 1.55 bits per heavy atom. The summed E-state index contributed by atoms with van der Waals surface area (Å²) < 4.78 is 32.0. The van der Waals surface area contributed by atoms with Crippen LogP contribution in [0, 0.1) is 10.8 Å². The molecule has 1 amide bonds. The summed E-state index contributed by atoms with van der Waals surface area (Å²) in [7, 11) is 5.39. The molecule has 0 aromatic carbocycles. The third-order valence-electron chi connectivity index (χ3n) is 8.87. The fourth-order valence-corrected chi connectivity index (χ4v) is 6.19. The van der Waals surface area contributed by atoms with Crippen LogP contribution in [0.5, 0.6) is 0 Å². The van der Waals surface area contributed by atoms with Gasteiger partial charge in [0.2, 0.25) is 0 Å².